The second-order valence-corrected chi connectivity index (χ2v) is 4.70. The third-order valence-electron chi connectivity index (χ3n) is 2.68. The van der Waals surface area contributed by atoms with E-state index < -0.39 is 36.9 Å². The van der Waals surface area contributed by atoms with Gasteiger partial charge in [-0.15, -0.1) is 0 Å². The Bertz CT molecular complexity index is 511. The highest BCUT2D eigenvalue weighted by atomic mass is 79.9. The van der Waals surface area contributed by atoms with Crippen LogP contribution in [-0.4, -0.2) is 44.8 Å². The quantitative estimate of drug-likeness (QED) is 0.655. The number of hydrogen-bond acceptors (Lipinski definition) is 6. The molecule has 18 heavy (non-hydrogen) atoms. The van der Waals surface area contributed by atoms with Crippen LogP contribution >= 0.6 is 15.9 Å². The first-order chi connectivity index (χ1) is 8.45. The summed E-state index contributed by atoms with van der Waals surface area (Å²) in [6.45, 7) is -0.545. The topological polar surface area (TPSA) is 111 Å². The van der Waals surface area contributed by atoms with Crippen molar-refractivity contribution < 1.29 is 19.3 Å². The second kappa shape index (κ2) is 4.92. The van der Waals surface area contributed by atoms with Crippen LogP contribution in [0.5, 0.6) is 0 Å². The molecule has 0 radical (unpaired) electrons. The van der Waals surface area contributed by atoms with E-state index in [2.05, 4.69) is 20.9 Å². The lowest BCUT2D eigenvalue weighted by molar-refractivity contribution is -0.0491. The lowest BCUT2D eigenvalue weighted by Gasteiger charge is -2.16. The van der Waals surface area contributed by atoms with E-state index in [1.165, 1.54) is 6.20 Å². The fourth-order valence-electron chi connectivity index (χ4n) is 1.72. The van der Waals surface area contributed by atoms with Crippen LogP contribution in [-0.2, 0) is 4.74 Å². The fourth-order valence-corrected chi connectivity index (χ4v) is 2.03. The van der Waals surface area contributed by atoms with E-state index in [-0.39, 0.29) is 5.82 Å². The Morgan fingerprint density at radius 1 is 1.67 bits per heavy atom. The van der Waals surface area contributed by atoms with Gasteiger partial charge in [0.15, 0.2) is 12.4 Å². The zero-order valence-electron chi connectivity index (χ0n) is 9.03. The van der Waals surface area contributed by atoms with Gasteiger partial charge in [-0.05, 0) is 15.9 Å². The predicted molar refractivity (Wildman–Crippen MR) is 62.5 cm³/mol. The Morgan fingerprint density at radius 2 is 2.33 bits per heavy atom. The molecule has 0 aromatic carbocycles. The third-order valence-corrected chi connectivity index (χ3v) is 3.29. The number of alkyl halides is 1. The van der Waals surface area contributed by atoms with Gasteiger partial charge in [0.25, 0.3) is 0 Å². The molecule has 1 aliphatic rings. The molecule has 2 rings (SSSR count). The summed E-state index contributed by atoms with van der Waals surface area (Å²) in [5.41, 5.74) is 4.61. The molecule has 0 aliphatic carbocycles. The number of aliphatic hydroxyl groups is 2. The monoisotopic (exact) mass is 323 g/mol. The van der Waals surface area contributed by atoms with E-state index in [0.29, 0.717) is 4.47 Å². The van der Waals surface area contributed by atoms with Crippen LogP contribution in [0.2, 0.25) is 0 Å². The molecule has 1 aliphatic heterocycles. The number of halogens is 2. The molecule has 9 heteroatoms. The molecule has 1 saturated heterocycles. The number of nitrogens with zero attached hydrogens (tertiary/aromatic N) is 2. The molecule has 0 saturated carbocycles. The normalized spacial score (nSPS) is 31.8. The summed E-state index contributed by atoms with van der Waals surface area (Å²) in [5, 5.41) is 18.4. The highest BCUT2D eigenvalue weighted by Crippen LogP contribution is 2.31. The van der Waals surface area contributed by atoms with Crippen molar-refractivity contribution in [3.8, 4) is 0 Å². The number of hydrogen-bond donors (Lipinski definition) is 3. The third kappa shape index (κ3) is 2.14. The molecule has 4 N–H and O–H groups in total. The Morgan fingerprint density at radius 3 is 2.89 bits per heavy atom. The van der Waals surface area contributed by atoms with Crippen LogP contribution in [0.15, 0.2) is 15.5 Å². The molecule has 0 spiro atoms. The van der Waals surface area contributed by atoms with Gasteiger partial charge >= 0.3 is 5.69 Å². The molecule has 1 aromatic heterocycles. The van der Waals surface area contributed by atoms with Gasteiger partial charge in [0.2, 0.25) is 0 Å². The first-order valence-corrected chi connectivity index (χ1v) is 5.87. The van der Waals surface area contributed by atoms with Crippen LogP contribution < -0.4 is 11.4 Å². The molecule has 1 fully saturated rings. The Labute approximate surface area is 109 Å². The maximum atomic E-state index is 13.8. The zero-order chi connectivity index (χ0) is 13.4. The van der Waals surface area contributed by atoms with Crippen molar-refractivity contribution in [1.82, 2.24) is 9.55 Å². The number of aliphatic hydroxyl groups excluding tert-OH is 2. The van der Waals surface area contributed by atoms with Gasteiger partial charge in [0.1, 0.15) is 18.0 Å². The molecule has 0 bridgehead atoms. The average Bonchev–Trinajstić information content (AvgIpc) is 2.61. The van der Waals surface area contributed by atoms with Crippen molar-refractivity contribution in [2.24, 2.45) is 0 Å². The largest absolute Gasteiger partial charge is 0.394 e. The van der Waals surface area contributed by atoms with Gasteiger partial charge in [-0.2, -0.15) is 4.98 Å². The van der Waals surface area contributed by atoms with E-state index in [4.69, 9.17) is 15.6 Å². The summed E-state index contributed by atoms with van der Waals surface area (Å²) in [5.74, 6) is -0.0242. The molecule has 1 aromatic rings. The summed E-state index contributed by atoms with van der Waals surface area (Å²) in [4.78, 5) is 15.1. The van der Waals surface area contributed by atoms with Crippen LogP contribution in [0.25, 0.3) is 0 Å². The first-order valence-electron chi connectivity index (χ1n) is 5.08. The lowest BCUT2D eigenvalue weighted by Crippen LogP contribution is -2.33. The van der Waals surface area contributed by atoms with Gasteiger partial charge in [-0.25, -0.2) is 9.18 Å². The van der Waals surface area contributed by atoms with Gasteiger partial charge < -0.3 is 20.7 Å². The van der Waals surface area contributed by atoms with Gasteiger partial charge in [0, 0.05) is 6.20 Å². The van der Waals surface area contributed by atoms with Gasteiger partial charge in [-0.3, -0.25) is 4.57 Å². The van der Waals surface area contributed by atoms with Gasteiger partial charge in [0.05, 0.1) is 11.1 Å². The highest BCUT2D eigenvalue weighted by Gasteiger charge is 2.45. The Hall–Kier alpha value is -1.03. The number of aromatic nitrogens is 2. The second-order valence-electron chi connectivity index (χ2n) is 3.85. The lowest BCUT2D eigenvalue weighted by atomic mass is 10.1. The fraction of sp³-hybridized carbons (Fsp3) is 0.556. The van der Waals surface area contributed by atoms with Gasteiger partial charge in [-0.1, -0.05) is 0 Å². The molecule has 100 valence electrons. The number of anilines is 1. The minimum atomic E-state index is -1.84. The van der Waals surface area contributed by atoms with Crippen LogP contribution in [0, 0.1) is 0 Å². The van der Waals surface area contributed by atoms with Crippen molar-refractivity contribution in [3.05, 3.63) is 21.2 Å². The standard InChI is InChI=1S/C9H11BrFN3O4/c10-3-1-14(9(17)13-7(3)12)8-5(11)6(16)4(2-15)18-8/h1,4-6,8,15-16H,2H2,(H2,12,13,17)/t4-,5?,6?,8-/m1/s1. The van der Waals surface area contributed by atoms with Crippen molar-refractivity contribution in [3.63, 3.8) is 0 Å². The van der Waals surface area contributed by atoms with Crippen molar-refractivity contribution >= 4 is 21.7 Å². The van der Waals surface area contributed by atoms with E-state index in [1.807, 2.05) is 0 Å². The maximum absolute atomic E-state index is 13.8. The molecule has 2 unspecified atom stereocenters. The van der Waals surface area contributed by atoms with E-state index in [0.717, 1.165) is 4.57 Å². The van der Waals surface area contributed by atoms with Crippen molar-refractivity contribution in [2.75, 3.05) is 12.3 Å². The number of nitrogens with two attached hydrogens (primary N) is 1. The summed E-state index contributed by atoms with van der Waals surface area (Å²) in [6, 6.07) is 0. The molecule has 4 atom stereocenters. The number of rotatable bonds is 2. The summed E-state index contributed by atoms with van der Waals surface area (Å²) in [6.07, 6.45) is -4.52. The minimum Gasteiger partial charge on any atom is -0.394 e. The van der Waals surface area contributed by atoms with E-state index >= 15 is 0 Å². The molecule has 7 nitrogen and oxygen atoms in total. The van der Waals surface area contributed by atoms with Crippen molar-refractivity contribution in [1.29, 1.82) is 0 Å². The van der Waals surface area contributed by atoms with Crippen LogP contribution in [0.3, 0.4) is 0 Å². The summed E-state index contributed by atoms with van der Waals surface area (Å²) >= 11 is 3.06. The Balaban J connectivity index is 2.39. The minimum absolute atomic E-state index is 0.0242. The first kappa shape index (κ1) is 13.4. The SMILES string of the molecule is Nc1nc(=O)n([C@@H]2O[C@H](CO)C(O)C2F)cc1Br. The molecular formula is C9H11BrFN3O4. The summed E-state index contributed by atoms with van der Waals surface area (Å²) < 4.78 is 20.1. The van der Waals surface area contributed by atoms with E-state index in [9.17, 15) is 14.3 Å². The van der Waals surface area contributed by atoms with Crippen LogP contribution in [0.4, 0.5) is 10.2 Å². The molecular weight excluding hydrogens is 313 g/mol. The molecule has 2 heterocycles. The zero-order valence-corrected chi connectivity index (χ0v) is 10.6. The highest BCUT2D eigenvalue weighted by molar-refractivity contribution is 9.10. The van der Waals surface area contributed by atoms with E-state index in [1.54, 1.807) is 0 Å². The Kier molecular flexibility index (Phi) is 3.66. The van der Waals surface area contributed by atoms with Crippen molar-refractivity contribution in [2.45, 2.75) is 24.6 Å². The predicted octanol–water partition coefficient (Wildman–Crippen LogP) is -0.823. The summed E-state index contributed by atoms with van der Waals surface area (Å²) in [7, 11) is 0. The maximum Gasteiger partial charge on any atom is 0.351 e. The smallest absolute Gasteiger partial charge is 0.351 e. The van der Waals surface area contributed by atoms with Crippen LogP contribution in [0.1, 0.15) is 6.23 Å². The molecule has 0 amide bonds. The number of ether oxygens (including phenoxy) is 1. The average molecular weight is 324 g/mol. The number of nitrogen functional groups attached to an aromatic ring is 1.